The fraction of sp³-hybridized carbons (Fsp3) is 0.438. The van der Waals surface area contributed by atoms with E-state index in [0.717, 1.165) is 25.0 Å². The highest BCUT2D eigenvalue weighted by atomic mass is 32.2. The molecule has 0 amide bonds. The van der Waals surface area contributed by atoms with Crippen LogP contribution in [0.25, 0.3) is 0 Å². The Labute approximate surface area is 136 Å². The molecule has 0 aromatic carbocycles. The smallest absolute Gasteiger partial charge is 0.245 e. The lowest BCUT2D eigenvalue weighted by Crippen LogP contribution is -2.39. The largest absolute Gasteiger partial charge is 0.481 e. The van der Waals surface area contributed by atoms with Crippen LogP contribution >= 0.6 is 0 Å². The number of aryl methyl sites for hydroxylation is 1. The molecule has 0 saturated carbocycles. The molecule has 0 radical (unpaired) electrons. The molecule has 2 aromatic heterocycles. The number of ether oxygens (including phenoxy) is 1. The maximum atomic E-state index is 13.0. The lowest BCUT2D eigenvalue weighted by Gasteiger charge is -2.35. The molecule has 0 aliphatic carbocycles. The van der Waals surface area contributed by atoms with Crippen molar-refractivity contribution < 1.29 is 13.2 Å². The molecule has 1 aliphatic rings. The Bertz CT molecular complexity index is 768. The van der Waals surface area contributed by atoms with E-state index < -0.39 is 10.0 Å². The van der Waals surface area contributed by atoms with Crippen molar-refractivity contribution >= 4 is 10.0 Å². The maximum Gasteiger partial charge on any atom is 0.245 e. The highest BCUT2D eigenvalue weighted by molar-refractivity contribution is 7.89. The van der Waals surface area contributed by atoms with E-state index in [2.05, 4.69) is 4.98 Å². The van der Waals surface area contributed by atoms with Crippen LogP contribution in [0.2, 0.25) is 0 Å². The van der Waals surface area contributed by atoms with E-state index in [9.17, 15) is 8.42 Å². The number of pyridine rings is 1. The van der Waals surface area contributed by atoms with Crippen LogP contribution in [0.4, 0.5) is 0 Å². The Hall–Kier alpha value is -1.86. The zero-order valence-electron chi connectivity index (χ0n) is 13.3. The molecule has 6 nitrogen and oxygen atoms in total. The lowest BCUT2D eigenvalue weighted by atomic mass is 10.0. The molecule has 0 unspecified atom stereocenters. The molecule has 23 heavy (non-hydrogen) atoms. The molecule has 1 saturated heterocycles. The molecule has 7 heteroatoms. The van der Waals surface area contributed by atoms with Crippen molar-refractivity contribution in [3.05, 3.63) is 42.4 Å². The fourth-order valence-electron chi connectivity index (χ4n) is 3.08. The van der Waals surface area contributed by atoms with E-state index in [1.54, 1.807) is 16.4 Å². The van der Waals surface area contributed by atoms with E-state index in [4.69, 9.17) is 4.74 Å². The molecule has 1 aliphatic heterocycles. The summed E-state index contributed by atoms with van der Waals surface area (Å²) in [6.45, 7) is 0.532. The second kappa shape index (κ2) is 6.33. The molecule has 1 atom stereocenters. The minimum atomic E-state index is -3.58. The summed E-state index contributed by atoms with van der Waals surface area (Å²) in [6, 6.07) is 6.94. The van der Waals surface area contributed by atoms with Gasteiger partial charge in [-0.3, -0.25) is 0 Å². The first-order valence-electron chi connectivity index (χ1n) is 7.67. The van der Waals surface area contributed by atoms with Crippen LogP contribution in [-0.2, 0) is 17.1 Å². The molecule has 0 N–H and O–H groups in total. The predicted molar refractivity (Wildman–Crippen MR) is 86.7 cm³/mol. The van der Waals surface area contributed by atoms with Crippen LogP contribution in [0.1, 0.15) is 31.0 Å². The molecule has 0 spiro atoms. The summed E-state index contributed by atoms with van der Waals surface area (Å²) < 4.78 is 34.7. The first kappa shape index (κ1) is 16.0. The Morgan fingerprint density at radius 1 is 1.26 bits per heavy atom. The van der Waals surface area contributed by atoms with Crippen LogP contribution in [0, 0.1) is 0 Å². The summed E-state index contributed by atoms with van der Waals surface area (Å²) in [6.07, 6.45) is 6.06. The van der Waals surface area contributed by atoms with Crippen LogP contribution in [-0.4, -0.2) is 35.9 Å². The van der Waals surface area contributed by atoms with Crippen molar-refractivity contribution in [1.82, 2.24) is 13.9 Å². The third-order valence-corrected chi connectivity index (χ3v) is 6.20. The Balaban J connectivity index is 1.97. The number of sulfonamides is 1. The first-order chi connectivity index (χ1) is 11.0. The van der Waals surface area contributed by atoms with E-state index in [-0.39, 0.29) is 10.9 Å². The highest BCUT2D eigenvalue weighted by Crippen LogP contribution is 2.35. The number of methoxy groups -OCH3 is 1. The van der Waals surface area contributed by atoms with Crippen molar-refractivity contribution in [2.75, 3.05) is 13.7 Å². The van der Waals surface area contributed by atoms with Gasteiger partial charge in [-0.05, 0) is 31.0 Å². The number of piperidine rings is 1. The van der Waals surface area contributed by atoms with Gasteiger partial charge in [0.1, 0.15) is 4.90 Å². The second-order valence-corrected chi connectivity index (χ2v) is 7.60. The normalized spacial score (nSPS) is 19.7. The molecule has 3 heterocycles. The third kappa shape index (κ3) is 2.98. The number of aromatic nitrogens is 2. The van der Waals surface area contributed by atoms with Crippen molar-refractivity contribution in [3.8, 4) is 5.88 Å². The SMILES string of the molecule is COc1ccc(S(=O)(=O)N2CCCC[C@@H]2c2cccn2C)cn1. The van der Waals surface area contributed by atoms with E-state index in [0.29, 0.717) is 12.4 Å². The third-order valence-electron chi connectivity index (χ3n) is 4.30. The zero-order valence-corrected chi connectivity index (χ0v) is 14.2. The summed E-state index contributed by atoms with van der Waals surface area (Å²) in [5.74, 6) is 0.404. The maximum absolute atomic E-state index is 13.0. The Morgan fingerprint density at radius 3 is 2.70 bits per heavy atom. The fourth-order valence-corrected chi connectivity index (χ4v) is 4.70. The van der Waals surface area contributed by atoms with Crippen LogP contribution in [0.3, 0.4) is 0 Å². The summed E-state index contributed by atoms with van der Waals surface area (Å²) in [7, 11) is -0.122. The molecule has 1 fully saturated rings. The Kier molecular flexibility index (Phi) is 4.41. The quantitative estimate of drug-likeness (QED) is 0.860. The summed E-state index contributed by atoms with van der Waals surface area (Å²) >= 11 is 0. The standard InChI is InChI=1S/C16H21N3O3S/c1-18-10-5-7-14(18)15-6-3-4-11-19(15)23(20,21)13-8-9-16(22-2)17-12-13/h5,7-10,12,15H,3-4,6,11H2,1-2H3/t15-/m1/s1. The number of hydrogen-bond acceptors (Lipinski definition) is 4. The minimum Gasteiger partial charge on any atom is -0.481 e. The van der Waals surface area contributed by atoms with Gasteiger partial charge in [-0.15, -0.1) is 0 Å². The van der Waals surface area contributed by atoms with E-state index in [1.807, 2.05) is 29.9 Å². The monoisotopic (exact) mass is 335 g/mol. The van der Waals surface area contributed by atoms with Gasteiger partial charge in [0, 0.05) is 31.5 Å². The first-order valence-corrected chi connectivity index (χ1v) is 9.11. The highest BCUT2D eigenvalue weighted by Gasteiger charge is 2.35. The van der Waals surface area contributed by atoms with Gasteiger partial charge in [-0.25, -0.2) is 13.4 Å². The average Bonchev–Trinajstić information content (AvgIpc) is 3.01. The number of rotatable bonds is 4. The van der Waals surface area contributed by atoms with Gasteiger partial charge in [-0.2, -0.15) is 4.31 Å². The molecule has 0 bridgehead atoms. The summed E-state index contributed by atoms with van der Waals surface area (Å²) in [5.41, 5.74) is 1.02. The minimum absolute atomic E-state index is 0.129. The summed E-state index contributed by atoms with van der Waals surface area (Å²) in [5, 5.41) is 0. The van der Waals surface area contributed by atoms with Crippen LogP contribution in [0.15, 0.2) is 41.6 Å². The van der Waals surface area contributed by atoms with Gasteiger partial charge in [0.25, 0.3) is 0 Å². The van der Waals surface area contributed by atoms with E-state index >= 15 is 0 Å². The van der Waals surface area contributed by atoms with Gasteiger partial charge in [0.15, 0.2) is 0 Å². The predicted octanol–water partition coefficient (Wildman–Crippen LogP) is 2.34. The van der Waals surface area contributed by atoms with Gasteiger partial charge >= 0.3 is 0 Å². The van der Waals surface area contributed by atoms with Crippen molar-refractivity contribution in [3.63, 3.8) is 0 Å². The van der Waals surface area contributed by atoms with Crippen molar-refractivity contribution in [2.45, 2.75) is 30.2 Å². The van der Waals surface area contributed by atoms with Gasteiger partial charge < -0.3 is 9.30 Å². The van der Waals surface area contributed by atoms with Gasteiger partial charge in [-0.1, -0.05) is 6.42 Å². The van der Waals surface area contributed by atoms with Crippen molar-refractivity contribution in [1.29, 1.82) is 0 Å². The van der Waals surface area contributed by atoms with E-state index in [1.165, 1.54) is 13.3 Å². The number of nitrogens with zero attached hydrogens (tertiary/aromatic N) is 3. The number of hydrogen-bond donors (Lipinski definition) is 0. The second-order valence-electron chi connectivity index (χ2n) is 5.71. The molecular weight excluding hydrogens is 314 g/mol. The zero-order chi connectivity index (χ0) is 16.4. The topological polar surface area (TPSA) is 64.4 Å². The molecule has 3 rings (SSSR count). The van der Waals surface area contributed by atoms with Gasteiger partial charge in [0.2, 0.25) is 15.9 Å². The molecule has 2 aromatic rings. The van der Waals surface area contributed by atoms with Crippen molar-refractivity contribution in [2.24, 2.45) is 7.05 Å². The Morgan fingerprint density at radius 2 is 2.09 bits per heavy atom. The molecule has 124 valence electrons. The van der Waals surface area contributed by atoms with Crippen LogP contribution in [0.5, 0.6) is 5.88 Å². The molecular formula is C16H21N3O3S. The van der Waals surface area contributed by atoms with Gasteiger partial charge in [0.05, 0.1) is 19.3 Å². The van der Waals surface area contributed by atoms with Crippen LogP contribution < -0.4 is 4.74 Å². The summed E-state index contributed by atoms with van der Waals surface area (Å²) in [4.78, 5) is 4.24. The average molecular weight is 335 g/mol. The lowest BCUT2D eigenvalue weighted by molar-refractivity contribution is 0.248.